The Labute approximate surface area is 161 Å². The summed E-state index contributed by atoms with van der Waals surface area (Å²) in [5.74, 6) is 0. The molecule has 2 atom stereocenters. The van der Waals surface area contributed by atoms with E-state index in [1.54, 1.807) is 18.6 Å². The molecular formula is C21H21N5O2. The number of anilines is 1. The lowest BCUT2D eigenvalue weighted by molar-refractivity contribution is 0.407. The number of fused-ring (bicyclic) bond motifs is 2. The summed E-state index contributed by atoms with van der Waals surface area (Å²) in [4.78, 5) is 23.5. The van der Waals surface area contributed by atoms with Gasteiger partial charge in [-0.25, -0.2) is 9.78 Å². The fraction of sp³-hybridized carbons (Fsp3) is 0.286. The van der Waals surface area contributed by atoms with Crippen molar-refractivity contribution in [3.8, 4) is 11.3 Å². The van der Waals surface area contributed by atoms with Crippen LogP contribution in [0.5, 0.6) is 0 Å². The van der Waals surface area contributed by atoms with E-state index in [2.05, 4.69) is 40.1 Å². The first-order chi connectivity index (χ1) is 13.6. The zero-order valence-corrected chi connectivity index (χ0v) is 15.8. The van der Waals surface area contributed by atoms with Crippen LogP contribution in [0.2, 0.25) is 0 Å². The molecule has 1 aliphatic heterocycles. The van der Waals surface area contributed by atoms with Crippen molar-refractivity contribution in [2.24, 2.45) is 0 Å². The molecule has 0 aliphatic carbocycles. The Hall–Kier alpha value is -3.19. The monoisotopic (exact) mass is 375 g/mol. The van der Waals surface area contributed by atoms with Crippen LogP contribution in [-0.4, -0.2) is 39.5 Å². The average molecular weight is 375 g/mol. The quantitative estimate of drug-likeness (QED) is 0.543. The van der Waals surface area contributed by atoms with Gasteiger partial charge in [0.15, 0.2) is 5.65 Å². The molecule has 0 spiro atoms. The molecular weight excluding hydrogens is 354 g/mol. The van der Waals surface area contributed by atoms with E-state index in [1.165, 1.54) is 0 Å². The van der Waals surface area contributed by atoms with E-state index in [0.29, 0.717) is 34.6 Å². The number of rotatable bonds is 2. The molecule has 7 nitrogen and oxygen atoms in total. The predicted octanol–water partition coefficient (Wildman–Crippen LogP) is 2.69. The molecule has 1 saturated heterocycles. The summed E-state index contributed by atoms with van der Waals surface area (Å²) in [6, 6.07) is 8.73. The van der Waals surface area contributed by atoms with E-state index in [1.807, 2.05) is 28.8 Å². The number of piperazine rings is 1. The Bertz CT molecular complexity index is 1190. The molecule has 7 heteroatoms. The van der Waals surface area contributed by atoms with Crippen LogP contribution in [0, 0.1) is 0 Å². The molecule has 4 heterocycles. The lowest BCUT2D eigenvalue weighted by Gasteiger charge is -2.37. The minimum absolute atomic E-state index is 0.386. The third kappa shape index (κ3) is 2.93. The molecule has 3 aromatic heterocycles. The van der Waals surface area contributed by atoms with Gasteiger partial charge < -0.3 is 19.0 Å². The molecule has 28 heavy (non-hydrogen) atoms. The van der Waals surface area contributed by atoms with E-state index in [-0.39, 0.29) is 5.63 Å². The van der Waals surface area contributed by atoms with Gasteiger partial charge in [-0.05, 0) is 32.0 Å². The highest BCUT2D eigenvalue weighted by Gasteiger charge is 2.21. The van der Waals surface area contributed by atoms with Gasteiger partial charge in [-0.3, -0.25) is 4.98 Å². The molecule has 1 aromatic carbocycles. The van der Waals surface area contributed by atoms with Gasteiger partial charge >= 0.3 is 5.63 Å². The van der Waals surface area contributed by atoms with Crippen molar-refractivity contribution in [3.63, 3.8) is 0 Å². The molecule has 1 N–H and O–H groups in total. The SMILES string of the molecule is CC1CN(c2ccc3cc(-c4cn5ccncc5n4)c(=O)oc3c2)CC(C)N1. The molecule has 4 aromatic rings. The zero-order chi connectivity index (χ0) is 19.3. The van der Waals surface area contributed by atoms with Crippen LogP contribution in [-0.2, 0) is 0 Å². The van der Waals surface area contributed by atoms with Crippen LogP contribution in [0.4, 0.5) is 5.69 Å². The smallest absolute Gasteiger partial charge is 0.345 e. The van der Waals surface area contributed by atoms with E-state index >= 15 is 0 Å². The second kappa shape index (κ2) is 6.45. The van der Waals surface area contributed by atoms with Crippen molar-refractivity contribution < 1.29 is 4.42 Å². The van der Waals surface area contributed by atoms with Crippen LogP contribution in [0.3, 0.4) is 0 Å². The molecule has 1 aliphatic rings. The van der Waals surface area contributed by atoms with Gasteiger partial charge in [0.2, 0.25) is 0 Å². The fourth-order valence-electron chi connectivity index (χ4n) is 3.99. The first kappa shape index (κ1) is 16.9. The third-order valence-electron chi connectivity index (χ3n) is 5.18. The third-order valence-corrected chi connectivity index (χ3v) is 5.18. The number of nitrogens with one attached hydrogen (secondary N) is 1. The number of imidazole rings is 1. The van der Waals surface area contributed by atoms with Gasteiger partial charge in [0.05, 0.1) is 17.5 Å². The first-order valence-electron chi connectivity index (χ1n) is 9.45. The van der Waals surface area contributed by atoms with Crippen molar-refractivity contribution in [1.29, 1.82) is 0 Å². The van der Waals surface area contributed by atoms with Crippen molar-refractivity contribution in [3.05, 3.63) is 59.5 Å². The highest BCUT2D eigenvalue weighted by molar-refractivity contribution is 5.84. The van der Waals surface area contributed by atoms with Crippen LogP contribution >= 0.6 is 0 Å². The Kier molecular flexibility index (Phi) is 3.91. The predicted molar refractivity (Wildman–Crippen MR) is 109 cm³/mol. The topological polar surface area (TPSA) is 75.7 Å². The average Bonchev–Trinajstić information content (AvgIpc) is 3.10. The normalized spacial score (nSPS) is 20.1. The summed E-state index contributed by atoms with van der Waals surface area (Å²) >= 11 is 0. The number of aromatic nitrogens is 3. The minimum Gasteiger partial charge on any atom is -0.422 e. The second-order valence-electron chi connectivity index (χ2n) is 7.51. The summed E-state index contributed by atoms with van der Waals surface area (Å²) in [5.41, 5.74) is 3.00. The van der Waals surface area contributed by atoms with Gasteiger partial charge in [-0.2, -0.15) is 0 Å². The Balaban J connectivity index is 1.55. The molecule has 142 valence electrons. The van der Waals surface area contributed by atoms with Crippen molar-refractivity contribution in [2.75, 3.05) is 18.0 Å². The maximum atomic E-state index is 12.6. The second-order valence-corrected chi connectivity index (χ2v) is 7.51. The summed E-state index contributed by atoms with van der Waals surface area (Å²) in [7, 11) is 0. The largest absolute Gasteiger partial charge is 0.422 e. The van der Waals surface area contributed by atoms with Gasteiger partial charge in [0.1, 0.15) is 5.58 Å². The molecule has 5 rings (SSSR count). The summed E-state index contributed by atoms with van der Waals surface area (Å²) in [6.07, 6.45) is 6.96. The van der Waals surface area contributed by atoms with Crippen LogP contribution in [0.25, 0.3) is 27.9 Å². The molecule has 0 bridgehead atoms. The van der Waals surface area contributed by atoms with Crippen molar-refractivity contribution in [2.45, 2.75) is 25.9 Å². The number of nitrogens with zero attached hydrogens (tertiary/aromatic N) is 4. The van der Waals surface area contributed by atoms with Crippen molar-refractivity contribution >= 4 is 22.3 Å². The number of benzene rings is 1. The summed E-state index contributed by atoms with van der Waals surface area (Å²) in [5, 5.41) is 4.41. The number of hydrogen-bond acceptors (Lipinski definition) is 6. The fourth-order valence-corrected chi connectivity index (χ4v) is 3.99. The first-order valence-corrected chi connectivity index (χ1v) is 9.45. The zero-order valence-electron chi connectivity index (χ0n) is 15.8. The molecule has 1 fully saturated rings. The highest BCUT2D eigenvalue weighted by Crippen LogP contribution is 2.26. The Morgan fingerprint density at radius 3 is 2.79 bits per heavy atom. The van der Waals surface area contributed by atoms with E-state index in [4.69, 9.17) is 4.42 Å². The van der Waals surface area contributed by atoms with Crippen molar-refractivity contribution in [1.82, 2.24) is 19.7 Å². The lowest BCUT2D eigenvalue weighted by atomic mass is 10.1. The summed E-state index contributed by atoms with van der Waals surface area (Å²) < 4.78 is 7.50. The Morgan fingerprint density at radius 2 is 2.00 bits per heavy atom. The van der Waals surface area contributed by atoms with Gasteiger partial charge in [0, 0.05) is 60.9 Å². The molecule has 0 saturated carbocycles. The molecule has 0 radical (unpaired) electrons. The van der Waals surface area contributed by atoms with E-state index in [0.717, 1.165) is 24.2 Å². The van der Waals surface area contributed by atoms with Gasteiger partial charge in [-0.1, -0.05) is 0 Å². The maximum Gasteiger partial charge on any atom is 0.345 e. The highest BCUT2D eigenvalue weighted by atomic mass is 16.4. The summed E-state index contributed by atoms with van der Waals surface area (Å²) in [6.45, 7) is 6.21. The molecule has 2 unspecified atom stereocenters. The standard InChI is InChI=1S/C21H21N5O2/c1-13-10-26(11-14(2)23-13)16-4-3-15-7-17(21(27)28-19(15)8-16)18-12-25-6-5-22-9-20(25)24-18/h3-9,12-14,23H,10-11H2,1-2H3. The Morgan fingerprint density at radius 1 is 1.18 bits per heavy atom. The van der Waals surface area contributed by atoms with E-state index in [9.17, 15) is 4.79 Å². The van der Waals surface area contributed by atoms with Gasteiger partial charge in [0.25, 0.3) is 0 Å². The van der Waals surface area contributed by atoms with Crippen LogP contribution in [0.15, 0.2) is 58.3 Å². The van der Waals surface area contributed by atoms with Crippen LogP contribution in [0.1, 0.15) is 13.8 Å². The lowest BCUT2D eigenvalue weighted by Crippen LogP contribution is -2.54. The molecule has 0 amide bonds. The minimum atomic E-state index is -0.386. The van der Waals surface area contributed by atoms with Crippen LogP contribution < -0.4 is 15.8 Å². The maximum absolute atomic E-state index is 12.6. The van der Waals surface area contributed by atoms with E-state index < -0.39 is 0 Å². The van der Waals surface area contributed by atoms with Gasteiger partial charge in [-0.15, -0.1) is 0 Å². The number of hydrogen-bond donors (Lipinski definition) is 1.